The van der Waals surface area contributed by atoms with Crippen molar-refractivity contribution >= 4 is 5.78 Å². The topological polar surface area (TPSA) is 45.5 Å². The number of fused-ring (bicyclic) bond motifs is 1. The van der Waals surface area contributed by atoms with E-state index in [2.05, 4.69) is 16.8 Å². The molecule has 114 valence electrons. The Morgan fingerprint density at radius 1 is 1.00 bits per heavy atom. The van der Waals surface area contributed by atoms with Gasteiger partial charge in [0.05, 0.1) is 0 Å². The summed E-state index contributed by atoms with van der Waals surface area (Å²) in [5.74, 6) is 0.185. The highest BCUT2D eigenvalue weighted by Gasteiger charge is 2.21. The molecule has 0 unspecified atom stereocenters. The third-order valence-electron chi connectivity index (χ3n) is 4.65. The first kappa shape index (κ1) is 14.5. The number of carbonyl (C=O) groups excluding carboxylic acids is 1. The van der Waals surface area contributed by atoms with Crippen LogP contribution in [0.15, 0.2) is 16.9 Å². The van der Waals surface area contributed by atoms with Gasteiger partial charge in [-0.3, -0.25) is 14.5 Å². The Balaban J connectivity index is 1.74. The Morgan fingerprint density at radius 3 is 2.52 bits per heavy atom. The Morgan fingerprint density at radius 2 is 1.76 bits per heavy atom. The number of carbonyl (C=O) groups is 1. The van der Waals surface area contributed by atoms with Gasteiger partial charge in [0, 0.05) is 63.0 Å². The van der Waals surface area contributed by atoms with Crippen LogP contribution in [0.3, 0.4) is 0 Å². The van der Waals surface area contributed by atoms with Crippen LogP contribution in [0.5, 0.6) is 0 Å². The summed E-state index contributed by atoms with van der Waals surface area (Å²) in [6.45, 7) is 5.86. The van der Waals surface area contributed by atoms with Crippen molar-refractivity contribution < 1.29 is 4.79 Å². The zero-order chi connectivity index (χ0) is 14.8. The first-order chi connectivity index (χ1) is 10.1. The van der Waals surface area contributed by atoms with E-state index >= 15 is 0 Å². The van der Waals surface area contributed by atoms with Gasteiger partial charge in [-0.15, -0.1) is 0 Å². The van der Waals surface area contributed by atoms with Crippen LogP contribution in [0, 0.1) is 0 Å². The Labute approximate surface area is 125 Å². The maximum Gasteiger partial charge on any atom is 0.250 e. The summed E-state index contributed by atoms with van der Waals surface area (Å²) >= 11 is 0. The van der Waals surface area contributed by atoms with Crippen LogP contribution in [0.25, 0.3) is 0 Å². The van der Waals surface area contributed by atoms with Gasteiger partial charge in [-0.05, 0) is 26.0 Å². The molecule has 0 N–H and O–H groups in total. The van der Waals surface area contributed by atoms with Gasteiger partial charge in [0.15, 0.2) is 5.78 Å². The van der Waals surface area contributed by atoms with Crippen molar-refractivity contribution in [3.05, 3.63) is 33.7 Å². The molecule has 0 radical (unpaired) electrons. The van der Waals surface area contributed by atoms with Crippen LogP contribution < -0.4 is 5.56 Å². The number of hydrogen-bond acceptors (Lipinski definition) is 4. The molecular formula is C16H23N3O2. The van der Waals surface area contributed by atoms with Crippen LogP contribution in [0.4, 0.5) is 0 Å². The van der Waals surface area contributed by atoms with E-state index in [-0.39, 0.29) is 11.3 Å². The predicted octanol–water partition coefficient (Wildman–Crippen LogP) is 0.615. The Hall–Kier alpha value is -1.46. The molecule has 1 aromatic heterocycles. The highest BCUT2D eigenvalue weighted by atomic mass is 16.1. The van der Waals surface area contributed by atoms with Crippen LogP contribution in [-0.4, -0.2) is 59.9 Å². The summed E-state index contributed by atoms with van der Waals surface area (Å²) < 4.78 is 1.82. The average molecular weight is 289 g/mol. The number of Topliss-reactive ketones (excluding diaryl/α,β-unsaturated/α-hetero) is 1. The lowest BCUT2D eigenvalue weighted by molar-refractivity contribution is 0.0969. The van der Waals surface area contributed by atoms with E-state index in [0.29, 0.717) is 13.0 Å². The SMILES string of the molecule is CN1CCN(CCn2c3c(ccc2=O)C(=O)CCC3)CC1. The predicted molar refractivity (Wildman–Crippen MR) is 81.9 cm³/mol. The molecule has 1 aliphatic carbocycles. The van der Waals surface area contributed by atoms with Crippen molar-refractivity contribution in [2.75, 3.05) is 39.8 Å². The molecule has 1 saturated heterocycles. The van der Waals surface area contributed by atoms with Crippen molar-refractivity contribution in [1.82, 2.24) is 14.4 Å². The summed E-state index contributed by atoms with van der Waals surface area (Å²) in [4.78, 5) is 28.8. The van der Waals surface area contributed by atoms with E-state index in [1.165, 1.54) is 0 Å². The number of hydrogen-bond donors (Lipinski definition) is 0. The van der Waals surface area contributed by atoms with E-state index in [0.717, 1.165) is 56.8 Å². The Kier molecular flexibility index (Phi) is 4.22. The fourth-order valence-electron chi connectivity index (χ4n) is 3.25. The van der Waals surface area contributed by atoms with Crippen molar-refractivity contribution in [3.8, 4) is 0 Å². The van der Waals surface area contributed by atoms with Crippen molar-refractivity contribution in [1.29, 1.82) is 0 Å². The molecule has 1 fully saturated rings. The van der Waals surface area contributed by atoms with E-state index in [4.69, 9.17) is 0 Å². The maximum absolute atomic E-state index is 12.1. The number of rotatable bonds is 3. The minimum atomic E-state index is 0.0255. The standard InChI is InChI=1S/C16H23N3O2/c1-17-7-9-18(10-8-17)11-12-19-14-3-2-4-15(20)13(14)5-6-16(19)21/h5-6H,2-4,7-12H2,1H3. The van der Waals surface area contributed by atoms with Crippen LogP contribution in [0.2, 0.25) is 0 Å². The summed E-state index contributed by atoms with van der Waals surface area (Å²) in [5, 5.41) is 0. The molecule has 0 aromatic carbocycles. The van der Waals surface area contributed by atoms with Gasteiger partial charge in [0.2, 0.25) is 0 Å². The molecular weight excluding hydrogens is 266 g/mol. The van der Waals surface area contributed by atoms with Crippen molar-refractivity contribution in [2.45, 2.75) is 25.8 Å². The molecule has 2 heterocycles. The summed E-state index contributed by atoms with van der Waals surface area (Å²) in [7, 11) is 2.14. The van der Waals surface area contributed by atoms with E-state index in [1.807, 2.05) is 4.57 Å². The second-order valence-electron chi connectivity index (χ2n) is 6.11. The molecule has 0 spiro atoms. The first-order valence-corrected chi connectivity index (χ1v) is 7.82. The minimum Gasteiger partial charge on any atom is -0.311 e. The van der Waals surface area contributed by atoms with Crippen LogP contribution in [0.1, 0.15) is 28.9 Å². The smallest absolute Gasteiger partial charge is 0.250 e. The lowest BCUT2D eigenvalue weighted by Gasteiger charge is -2.32. The summed E-state index contributed by atoms with van der Waals surface area (Å²) in [6.07, 6.45) is 2.33. The molecule has 3 rings (SSSR count). The first-order valence-electron chi connectivity index (χ1n) is 7.82. The molecule has 2 aliphatic rings. The molecule has 5 nitrogen and oxygen atoms in total. The molecule has 1 aliphatic heterocycles. The lowest BCUT2D eigenvalue weighted by Crippen LogP contribution is -2.46. The number of aromatic nitrogens is 1. The number of likely N-dealkylation sites (N-methyl/N-ethyl adjacent to an activating group) is 1. The molecule has 0 amide bonds. The summed E-state index contributed by atoms with van der Waals surface area (Å²) in [5.41, 5.74) is 1.74. The molecule has 5 heteroatoms. The van der Waals surface area contributed by atoms with Gasteiger partial charge in [0.1, 0.15) is 0 Å². The zero-order valence-corrected chi connectivity index (χ0v) is 12.7. The van der Waals surface area contributed by atoms with E-state index in [9.17, 15) is 9.59 Å². The van der Waals surface area contributed by atoms with E-state index in [1.54, 1.807) is 12.1 Å². The van der Waals surface area contributed by atoms with Crippen molar-refractivity contribution in [3.63, 3.8) is 0 Å². The molecule has 21 heavy (non-hydrogen) atoms. The second-order valence-corrected chi connectivity index (χ2v) is 6.11. The fourth-order valence-corrected chi connectivity index (χ4v) is 3.25. The van der Waals surface area contributed by atoms with Gasteiger partial charge in [-0.2, -0.15) is 0 Å². The fraction of sp³-hybridized carbons (Fsp3) is 0.625. The maximum atomic E-state index is 12.1. The third-order valence-corrected chi connectivity index (χ3v) is 4.65. The van der Waals surface area contributed by atoms with Gasteiger partial charge in [-0.25, -0.2) is 0 Å². The molecule has 0 atom stereocenters. The number of ketones is 1. The highest BCUT2D eigenvalue weighted by molar-refractivity contribution is 5.97. The van der Waals surface area contributed by atoms with Gasteiger partial charge >= 0.3 is 0 Å². The largest absolute Gasteiger partial charge is 0.311 e. The Bertz CT molecular complexity index is 586. The lowest BCUT2D eigenvalue weighted by atomic mass is 9.94. The van der Waals surface area contributed by atoms with Crippen LogP contribution in [-0.2, 0) is 13.0 Å². The quantitative estimate of drug-likeness (QED) is 0.818. The third kappa shape index (κ3) is 3.09. The highest BCUT2D eigenvalue weighted by Crippen LogP contribution is 2.19. The van der Waals surface area contributed by atoms with Crippen LogP contribution >= 0.6 is 0 Å². The summed E-state index contributed by atoms with van der Waals surface area (Å²) in [6, 6.07) is 3.26. The van der Waals surface area contributed by atoms with Gasteiger partial charge in [-0.1, -0.05) is 0 Å². The molecule has 0 bridgehead atoms. The average Bonchev–Trinajstić information content (AvgIpc) is 2.48. The minimum absolute atomic E-state index is 0.0255. The normalized spacial score (nSPS) is 20.5. The number of nitrogens with zero attached hydrogens (tertiary/aromatic N) is 3. The number of pyridine rings is 1. The monoisotopic (exact) mass is 289 g/mol. The second kappa shape index (κ2) is 6.12. The van der Waals surface area contributed by atoms with Gasteiger partial charge in [0.25, 0.3) is 5.56 Å². The zero-order valence-electron chi connectivity index (χ0n) is 12.7. The van der Waals surface area contributed by atoms with E-state index < -0.39 is 0 Å². The van der Waals surface area contributed by atoms with Crippen molar-refractivity contribution in [2.24, 2.45) is 0 Å². The molecule has 1 aromatic rings. The molecule has 0 saturated carbocycles. The van der Waals surface area contributed by atoms with Gasteiger partial charge < -0.3 is 9.47 Å². The number of piperazine rings is 1.